The van der Waals surface area contributed by atoms with E-state index in [-0.39, 0.29) is 17.4 Å². The number of nitrogens with one attached hydrogen (secondary N) is 1. The van der Waals surface area contributed by atoms with Gasteiger partial charge in [0.15, 0.2) is 29.1 Å². The van der Waals surface area contributed by atoms with Gasteiger partial charge in [0.2, 0.25) is 0 Å². The summed E-state index contributed by atoms with van der Waals surface area (Å²) in [6.07, 6.45) is 1.27. The Morgan fingerprint density at radius 1 is 0.962 bits per heavy atom. The molecule has 3 aromatic rings. The molecule has 1 amide bonds. The van der Waals surface area contributed by atoms with Crippen LogP contribution in [-0.4, -0.2) is 15.7 Å². The third-order valence-electron chi connectivity index (χ3n) is 3.51. The number of halogens is 5. The topological polar surface area (TPSA) is 46.9 Å². The van der Waals surface area contributed by atoms with Crippen molar-refractivity contribution in [3.8, 4) is 0 Å². The van der Waals surface area contributed by atoms with E-state index in [1.807, 2.05) is 0 Å². The van der Waals surface area contributed by atoms with Crippen LogP contribution in [0.4, 0.5) is 27.8 Å². The Kier molecular flexibility index (Phi) is 4.70. The van der Waals surface area contributed by atoms with E-state index >= 15 is 0 Å². The molecule has 2 aromatic carbocycles. The van der Waals surface area contributed by atoms with Crippen LogP contribution >= 0.6 is 0 Å². The molecule has 0 atom stereocenters. The molecule has 0 aliphatic rings. The highest BCUT2D eigenvalue weighted by Crippen LogP contribution is 2.20. The Balaban J connectivity index is 1.77. The molecule has 134 valence electrons. The zero-order valence-electron chi connectivity index (χ0n) is 12.9. The van der Waals surface area contributed by atoms with Crippen molar-refractivity contribution in [1.82, 2.24) is 9.78 Å². The monoisotopic (exact) mass is 367 g/mol. The summed E-state index contributed by atoms with van der Waals surface area (Å²) >= 11 is 0. The Morgan fingerprint density at radius 2 is 1.58 bits per heavy atom. The second-order valence-electron chi connectivity index (χ2n) is 5.31. The van der Waals surface area contributed by atoms with E-state index in [2.05, 4.69) is 10.4 Å². The van der Waals surface area contributed by atoms with Gasteiger partial charge in [-0.1, -0.05) is 0 Å². The quantitative estimate of drug-likeness (QED) is 0.562. The van der Waals surface area contributed by atoms with Crippen LogP contribution in [0.15, 0.2) is 42.6 Å². The van der Waals surface area contributed by atoms with Crippen molar-refractivity contribution < 1.29 is 26.7 Å². The van der Waals surface area contributed by atoms with Gasteiger partial charge in [-0.3, -0.25) is 9.48 Å². The summed E-state index contributed by atoms with van der Waals surface area (Å²) in [5, 5.41) is 6.27. The number of amides is 1. The van der Waals surface area contributed by atoms with Crippen molar-refractivity contribution in [2.24, 2.45) is 0 Å². The molecule has 0 aliphatic carbocycles. The lowest BCUT2D eigenvalue weighted by atomic mass is 10.2. The first kappa shape index (κ1) is 17.6. The van der Waals surface area contributed by atoms with Gasteiger partial charge >= 0.3 is 0 Å². The van der Waals surface area contributed by atoms with E-state index in [9.17, 15) is 26.7 Å². The molecule has 0 aliphatic heterocycles. The first-order chi connectivity index (χ1) is 12.3. The van der Waals surface area contributed by atoms with Gasteiger partial charge in [0.1, 0.15) is 5.82 Å². The molecule has 0 fully saturated rings. The highest BCUT2D eigenvalue weighted by Gasteiger charge is 2.19. The number of nitrogens with zero attached hydrogens (tertiary/aromatic N) is 2. The molecule has 0 saturated carbocycles. The Bertz CT molecular complexity index is 943. The van der Waals surface area contributed by atoms with Gasteiger partial charge in [0.25, 0.3) is 5.91 Å². The number of carbonyl (C=O) groups excluding carboxylic acids is 1. The van der Waals surface area contributed by atoms with Crippen LogP contribution in [0.2, 0.25) is 0 Å². The van der Waals surface area contributed by atoms with Gasteiger partial charge < -0.3 is 5.32 Å². The summed E-state index contributed by atoms with van der Waals surface area (Å²) in [7, 11) is 0. The molecule has 3 rings (SSSR count). The molecule has 1 N–H and O–H groups in total. The van der Waals surface area contributed by atoms with Crippen LogP contribution in [0.5, 0.6) is 0 Å². The van der Waals surface area contributed by atoms with Gasteiger partial charge in [0.05, 0.1) is 12.1 Å². The molecule has 1 heterocycles. The first-order valence-electron chi connectivity index (χ1n) is 7.27. The summed E-state index contributed by atoms with van der Waals surface area (Å²) in [4.78, 5) is 12.0. The summed E-state index contributed by atoms with van der Waals surface area (Å²) in [5.41, 5.74) is -0.660. The number of rotatable bonds is 4. The van der Waals surface area contributed by atoms with Crippen molar-refractivity contribution in [3.63, 3.8) is 0 Å². The number of carbonyl (C=O) groups is 1. The average molecular weight is 367 g/mol. The smallest absolute Gasteiger partial charge is 0.256 e. The predicted octanol–water partition coefficient (Wildman–Crippen LogP) is 3.88. The summed E-state index contributed by atoms with van der Waals surface area (Å²) in [6, 6.07) is 6.19. The average Bonchev–Trinajstić information content (AvgIpc) is 3.04. The Hall–Kier alpha value is -3.23. The fraction of sp³-hybridized carbons (Fsp3) is 0.0588. The Morgan fingerprint density at radius 3 is 2.19 bits per heavy atom. The molecular weight excluding hydrogens is 357 g/mol. The maximum absolute atomic E-state index is 13.7. The lowest BCUT2D eigenvalue weighted by molar-refractivity contribution is 0.102. The molecule has 0 radical (unpaired) electrons. The molecule has 26 heavy (non-hydrogen) atoms. The molecule has 1 aromatic heterocycles. The summed E-state index contributed by atoms with van der Waals surface area (Å²) in [5.74, 6) is -7.11. The number of hydrogen-bond donors (Lipinski definition) is 1. The minimum atomic E-state index is -1.52. The molecule has 0 spiro atoms. The fourth-order valence-corrected chi connectivity index (χ4v) is 2.23. The lowest BCUT2D eigenvalue weighted by Gasteiger charge is -2.07. The van der Waals surface area contributed by atoms with Gasteiger partial charge in [-0.15, -0.1) is 0 Å². The van der Waals surface area contributed by atoms with Gasteiger partial charge in [0, 0.05) is 23.9 Å². The van der Waals surface area contributed by atoms with Crippen LogP contribution in [0, 0.1) is 29.1 Å². The number of anilines is 1. The molecule has 0 saturated heterocycles. The maximum Gasteiger partial charge on any atom is 0.256 e. The van der Waals surface area contributed by atoms with Crippen LogP contribution in [0.25, 0.3) is 0 Å². The van der Waals surface area contributed by atoms with Crippen molar-refractivity contribution in [2.75, 3.05) is 5.32 Å². The third kappa shape index (κ3) is 3.56. The van der Waals surface area contributed by atoms with Crippen LogP contribution in [0.1, 0.15) is 15.9 Å². The SMILES string of the molecule is O=C(Nc1ccn(Cc2c(F)c(F)cc(F)c2F)n1)c1ccc(F)cc1. The summed E-state index contributed by atoms with van der Waals surface area (Å²) < 4.78 is 67.6. The predicted molar refractivity (Wildman–Crippen MR) is 82.0 cm³/mol. The number of aromatic nitrogens is 2. The van der Waals surface area contributed by atoms with Crippen molar-refractivity contribution in [3.05, 3.63) is 82.8 Å². The second-order valence-corrected chi connectivity index (χ2v) is 5.31. The minimum Gasteiger partial charge on any atom is -0.305 e. The summed E-state index contributed by atoms with van der Waals surface area (Å²) in [6.45, 7) is -0.585. The highest BCUT2D eigenvalue weighted by molar-refractivity contribution is 6.03. The highest BCUT2D eigenvalue weighted by atomic mass is 19.2. The van der Waals surface area contributed by atoms with E-state index in [1.165, 1.54) is 24.4 Å². The van der Waals surface area contributed by atoms with E-state index in [1.54, 1.807) is 0 Å². The zero-order chi connectivity index (χ0) is 18.8. The van der Waals surface area contributed by atoms with E-state index in [4.69, 9.17) is 0 Å². The van der Waals surface area contributed by atoms with Crippen LogP contribution < -0.4 is 5.32 Å². The fourth-order valence-electron chi connectivity index (χ4n) is 2.23. The van der Waals surface area contributed by atoms with Gasteiger partial charge in [-0.05, 0) is 24.3 Å². The molecule has 0 unspecified atom stereocenters. The van der Waals surface area contributed by atoms with Crippen LogP contribution in [-0.2, 0) is 6.54 Å². The van der Waals surface area contributed by atoms with Gasteiger partial charge in [-0.25, -0.2) is 22.0 Å². The lowest BCUT2D eigenvalue weighted by Crippen LogP contribution is -2.13. The normalized spacial score (nSPS) is 10.8. The maximum atomic E-state index is 13.7. The minimum absolute atomic E-state index is 0.0389. The molecule has 9 heteroatoms. The van der Waals surface area contributed by atoms with E-state index in [0.717, 1.165) is 16.8 Å². The van der Waals surface area contributed by atoms with E-state index < -0.39 is 47.1 Å². The number of hydrogen-bond acceptors (Lipinski definition) is 2. The van der Waals surface area contributed by atoms with E-state index in [0.29, 0.717) is 0 Å². The third-order valence-corrected chi connectivity index (χ3v) is 3.51. The second kappa shape index (κ2) is 6.95. The van der Waals surface area contributed by atoms with Crippen molar-refractivity contribution in [1.29, 1.82) is 0 Å². The standard InChI is InChI=1S/C17H10F5N3O/c18-10-3-1-9(2-4-10)17(26)23-14-5-6-25(24-14)8-11-15(21)12(19)7-13(20)16(11)22/h1-7H,8H2,(H,23,24,26). The molecular formula is C17H10F5N3O. The number of benzene rings is 2. The Labute approximate surface area is 143 Å². The van der Waals surface area contributed by atoms with Crippen LogP contribution in [0.3, 0.4) is 0 Å². The van der Waals surface area contributed by atoms with Crippen molar-refractivity contribution in [2.45, 2.75) is 6.54 Å². The molecule has 0 bridgehead atoms. The zero-order valence-corrected chi connectivity index (χ0v) is 12.9. The molecule has 4 nitrogen and oxygen atoms in total. The first-order valence-corrected chi connectivity index (χ1v) is 7.27. The largest absolute Gasteiger partial charge is 0.305 e. The van der Waals surface area contributed by atoms with Gasteiger partial charge in [-0.2, -0.15) is 5.10 Å². The van der Waals surface area contributed by atoms with Crippen molar-refractivity contribution >= 4 is 11.7 Å².